The Morgan fingerprint density at radius 3 is 2.17 bits per heavy atom. The number of H-pyrrole nitrogens is 1. The first-order chi connectivity index (χ1) is 14.1. The van der Waals surface area contributed by atoms with E-state index in [0.29, 0.717) is 16.7 Å². The fourth-order valence-corrected chi connectivity index (χ4v) is 3.22. The van der Waals surface area contributed by atoms with E-state index in [9.17, 15) is 14.4 Å². The van der Waals surface area contributed by atoms with Crippen LogP contribution in [0.2, 0.25) is 0 Å². The molecule has 1 N–H and O–H groups in total. The normalized spacial score (nSPS) is 11.7. The van der Waals surface area contributed by atoms with Gasteiger partial charge < -0.3 is 4.98 Å². The van der Waals surface area contributed by atoms with Gasteiger partial charge in [0.2, 0.25) is 0 Å². The van der Waals surface area contributed by atoms with Gasteiger partial charge in [-0.1, -0.05) is 48.5 Å². The SMILES string of the molecule is N#Cc1cccc2c1C(=O)c1ccccc1C2=O.O=c1cnc2ccccc2[nH]1. The van der Waals surface area contributed by atoms with E-state index in [4.69, 9.17) is 5.26 Å². The minimum atomic E-state index is -0.252. The number of ketones is 2. The van der Waals surface area contributed by atoms with Crippen molar-refractivity contribution >= 4 is 22.6 Å². The molecule has 3 aromatic carbocycles. The van der Waals surface area contributed by atoms with E-state index < -0.39 is 0 Å². The van der Waals surface area contributed by atoms with Gasteiger partial charge in [-0.05, 0) is 18.2 Å². The van der Waals surface area contributed by atoms with Gasteiger partial charge >= 0.3 is 0 Å². The summed E-state index contributed by atoms with van der Waals surface area (Å²) < 4.78 is 0. The van der Waals surface area contributed by atoms with Crippen molar-refractivity contribution in [3.63, 3.8) is 0 Å². The first-order valence-electron chi connectivity index (χ1n) is 8.76. The molecule has 6 nitrogen and oxygen atoms in total. The Morgan fingerprint density at radius 2 is 1.41 bits per heavy atom. The number of benzene rings is 3. The molecule has 0 saturated heterocycles. The Bertz CT molecular complexity index is 1380. The van der Waals surface area contributed by atoms with Crippen LogP contribution in [0, 0.1) is 11.3 Å². The Balaban J connectivity index is 0.000000159. The smallest absolute Gasteiger partial charge is 0.266 e. The predicted molar refractivity (Wildman–Crippen MR) is 107 cm³/mol. The molecule has 0 atom stereocenters. The lowest BCUT2D eigenvalue weighted by molar-refractivity contribution is 0.0979. The number of aromatic amines is 1. The molecule has 0 saturated carbocycles. The molecule has 0 aliphatic heterocycles. The molecule has 0 fully saturated rings. The molecular weight excluding hydrogens is 366 g/mol. The highest BCUT2D eigenvalue weighted by molar-refractivity contribution is 6.29. The minimum Gasteiger partial charge on any atom is -0.319 e. The molecule has 1 aliphatic carbocycles. The zero-order valence-electron chi connectivity index (χ0n) is 15.0. The number of rotatable bonds is 0. The van der Waals surface area contributed by atoms with E-state index in [0.717, 1.165) is 11.0 Å². The molecule has 0 bridgehead atoms. The Labute approximate surface area is 165 Å². The predicted octanol–water partition coefficient (Wildman–Crippen LogP) is 3.26. The molecule has 0 unspecified atom stereocenters. The third kappa shape index (κ3) is 3.22. The topological polar surface area (TPSA) is 104 Å². The highest BCUT2D eigenvalue weighted by Crippen LogP contribution is 2.28. The number of aromatic nitrogens is 2. The maximum atomic E-state index is 12.3. The van der Waals surface area contributed by atoms with Gasteiger partial charge in [-0.25, -0.2) is 4.98 Å². The van der Waals surface area contributed by atoms with Crippen LogP contribution in [0.3, 0.4) is 0 Å². The van der Waals surface area contributed by atoms with Gasteiger partial charge in [-0.15, -0.1) is 0 Å². The van der Waals surface area contributed by atoms with Crippen LogP contribution in [-0.4, -0.2) is 21.5 Å². The van der Waals surface area contributed by atoms with E-state index in [1.54, 1.807) is 42.5 Å². The highest BCUT2D eigenvalue weighted by Gasteiger charge is 2.30. The van der Waals surface area contributed by atoms with Crippen LogP contribution in [0.5, 0.6) is 0 Å². The van der Waals surface area contributed by atoms with Crippen molar-refractivity contribution in [3.8, 4) is 6.07 Å². The minimum absolute atomic E-state index is 0.163. The van der Waals surface area contributed by atoms with Crippen LogP contribution in [0.1, 0.15) is 37.4 Å². The van der Waals surface area contributed by atoms with Crippen molar-refractivity contribution in [3.05, 3.63) is 111 Å². The summed E-state index contributed by atoms with van der Waals surface area (Å²) in [6.45, 7) is 0. The van der Waals surface area contributed by atoms with Crippen molar-refractivity contribution in [2.45, 2.75) is 0 Å². The maximum Gasteiger partial charge on any atom is 0.266 e. The molecule has 0 radical (unpaired) electrons. The zero-order valence-corrected chi connectivity index (χ0v) is 15.0. The van der Waals surface area contributed by atoms with Gasteiger partial charge in [-0.3, -0.25) is 14.4 Å². The fourth-order valence-electron chi connectivity index (χ4n) is 3.22. The first kappa shape index (κ1) is 18.0. The number of para-hydroxylation sites is 2. The average Bonchev–Trinajstić information content (AvgIpc) is 2.77. The molecule has 0 spiro atoms. The molecular formula is C23H13N3O3. The summed E-state index contributed by atoms with van der Waals surface area (Å²) in [6, 6.07) is 20.8. The zero-order chi connectivity index (χ0) is 20.4. The quantitative estimate of drug-likeness (QED) is 0.445. The molecule has 1 aliphatic rings. The number of carbonyl (C=O) groups excluding carboxylic acids is 2. The molecule has 6 heteroatoms. The second kappa shape index (κ2) is 7.33. The maximum absolute atomic E-state index is 12.3. The van der Waals surface area contributed by atoms with Crippen LogP contribution >= 0.6 is 0 Å². The number of hydrogen-bond acceptors (Lipinski definition) is 5. The summed E-state index contributed by atoms with van der Waals surface area (Å²) in [4.78, 5) is 42.0. The van der Waals surface area contributed by atoms with E-state index >= 15 is 0 Å². The van der Waals surface area contributed by atoms with Crippen molar-refractivity contribution in [2.24, 2.45) is 0 Å². The van der Waals surface area contributed by atoms with Crippen molar-refractivity contribution in [1.82, 2.24) is 9.97 Å². The Morgan fingerprint density at radius 1 is 0.759 bits per heavy atom. The summed E-state index contributed by atoms with van der Waals surface area (Å²) in [5.74, 6) is -0.449. The molecule has 1 heterocycles. The molecule has 0 amide bonds. The third-order valence-corrected chi connectivity index (χ3v) is 4.56. The van der Waals surface area contributed by atoms with Gasteiger partial charge in [0.05, 0.1) is 34.4 Å². The van der Waals surface area contributed by atoms with Gasteiger partial charge in [0, 0.05) is 16.7 Å². The molecule has 1 aromatic heterocycles. The van der Waals surface area contributed by atoms with E-state index in [-0.39, 0.29) is 28.3 Å². The summed E-state index contributed by atoms with van der Waals surface area (Å²) in [7, 11) is 0. The van der Waals surface area contributed by atoms with E-state index in [1.165, 1.54) is 6.20 Å². The van der Waals surface area contributed by atoms with E-state index in [2.05, 4.69) is 9.97 Å². The summed E-state index contributed by atoms with van der Waals surface area (Å²) in [5, 5.41) is 9.03. The lowest BCUT2D eigenvalue weighted by atomic mass is 9.82. The second-order valence-corrected chi connectivity index (χ2v) is 6.31. The largest absolute Gasteiger partial charge is 0.319 e. The highest BCUT2D eigenvalue weighted by atomic mass is 16.1. The first-order valence-corrected chi connectivity index (χ1v) is 8.76. The standard InChI is InChI=1S/C15H7NO2.C8H6N2O/c16-8-9-4-3-7-12-13(9)15(18)11-6-2-1-5-10(11)14(12)17;11-8-5-9-6-3-1-2-4-7(6)10-8/h1-7H;1-5H,(H,10,11). The lowest BCUT2D eigenvalue weighted by Crippen LogP contribution is -2.21. The van der Waals surface area contributed by atoms with Gasteiger partial charge in [0.1, 0.15) is 0 Å². The number of carbonyl (C=O) groups is 2. The van der Waals surface area contributed by atoms with E-state index in [1.807, 2.05) is 30.3 Å². The third-order valence-electron chi connectivity index (χ3n) is 4.56. The van der Waals surface area contributed by atoms with Gasteiger partial charge in [-0.2, -0.15) is 5.26 Å². The molecule has 4 aromatic rings. The van der Waals surface area contributed by atoms with Crippen molar-refractivity contribution in [1.29, 1.82) is 5.26 Å². The summed E-state index contributed by atoms with van der Waals surface area (Å²) >= 11 is 0. The van der Waals surface area contributed by atoms with Crippen LogP contribution in [0.4, 0.5) is 0 Å². The molecule has 5 rings (SSSR count). The Hall–Kier alpha value is -4.37. The summed E-state index contributed by atoms with van der Waals surface area (Å²) in [5.41, 5.74) is 3.00. The second-order valence-electron chi connectivity index (χ2n) is 6.31. The average molecular weight is 379 g/mol. The lowest BCUT2D eigenvalue weighted by Gasteiger charge is -2.17. The number of nitrogens with one attached hydrogen (secondary N) is 1. The number of nitrogens with zero attached hydrogens (tertiary/aromatic N) is 2. The number of fused-ring (bicyclic) bond motifs is 3. The van der Waals surface area contributed by atoms with Crippen LogP contribution < -0.4 is 5.56 Å². The van der Waals surface area contributed by atoms with Crippen molar-refractivity contribution in [2.75, 3.05) is 0 Å². The van der Waals surface area contributed by atoms with Crippen LogP contribution in [0.15, 0.2) is 77.7 Å². The van der Waals surface area contributed by atoms with Crippen LogP contribution in [0.25, 0.3) is 11.0 Å². The van der Waals surface area contributed by atoms with Crippen molar-refractivity contribution < 1.29 is 9.59 Å². The van der Waals surface area contributed by atoms with Crippen LogP contribution in [-0.2, 0) is 0 Å². The summed E-state index contributed by atoms with van der Waals surface area (Å²) in [6.07, 6.45) is 1.28. The number of nitriles is 1. The molecule has 138 valence electrons. The number of hydrogen-bond donors (Lipinski definition) is 1. The van der Waals surface area contributed by atoms with Gasteiger partial charge in [0.15, 0.2) is 11.6 Å². The monoisotopic (exact) mass is 379 g/mol. The molecule has 29 heavy (non-hydrogen) atoms. The fraction of sp³-hybridized carbons (Fsp3) is 0. The van der Waals surface area contributed by atoms with Gasteiger partial charge in [0.25, 0.3) is 5.56 Å². The Kier molecular flexibility index (Phi) is 4.55.